The SMILES string of the molecule is CC(NCc1cnccn1)c1ccccc1Cl. The molecule has 2 aromatic rings. The highest BCUT2D eigenvalue weighted by atomic mass is 35.5. The Bertz CT molecular complexity index is 473. The van der Waals surface area contributed by atoms with Gasteiger partial charge in [0.25, 0.3) is 0 Å². The van der Waals surface area contributed by atoms with Gasteiger partial charge in [0.15, 0.2) is 0 Å². The summed E-state index contributed by atoms with van der Waals surface area (Å²) in [6.45, 7) is 2.76. The lowest BCUT2D eigenvalue weighted by Gasteiger charge is -2.15. The maximum atomic E-state index is 6.13. The molecule has 3 nitrogen and oxygen atoms in total. The Morgan fingerprint density at radius 1 is 1.29 bits per heavy atom. The number of aromatic nitrogens is 2. The highest BCUT2D eigenvalue weighted by Gasteiger charge is 2.08. The van der Waals surface area contributed by atoms with Gasteiger partial charge in [0.05, 0.1) is 5.69 Å². The van der Waals surface area contributed by atoms with Crippen LogP contribution in [-0.4, -0.2) is 9.97 Å². The summed E-state index contributed by atoms with van der Waals surface area (Å²) in [5.41, 5.74) is 2.02. The second-order valence-corrected chi connectivity index (χ2v) is 4.23. The summed E-state index contributed by atoms with van der Waals surface area (Å²) in [4.78, 5) is 8.23. The lowest BCUT2D eigenvalue weighted by atomic mass is 10.1. The van der Waals surface area contributed by atoms with Gasteiger partial charge >= 0.3 is 0 Å². The van der Waals surface area contributed by atoms with Gasteiger partial charge in [-0.05, 0) is 18.6 Å². The molecule has 0 aliphatic carbocycles. The molecule has 0 amide bonds. The molecule has 1 aromatic carbocycles. The summed E-state index contributed by atoms with van der Waals surface area (Å²) in [6.07, 6.45) is 5.12. The van der Waals surface area contributed by atoms with Crippen LogP contribution in [0.5, 0.6) is 0 Å². The zero-order valence-corrected chi connectivity index (χ0v) is 10.4. The number of hydrogen-bond acceptors (Lipinski definition) is 3. The number of nitrogens with one attached hydrogen (secondary N) is 1. The average Bonchev–Trinajstić information content (AvgIpc) is 2.38. The molecule has 88 valence electrons. The Morgan fingerprint density at radius 3 is 2.82 bits per heavy atom. The minimum atomic E-state index is 0.186. The molecule has 0 fully saturated rings. The molecule has 1 N–H and O–H groups in total. The van der Waals surface area contributed by atoms with Crippen LogP contribution in [0.4, 0.5) is 0 Å². The van der Waals surface area contributed by atoms with Crippen molar-refractivity contribution in [1.82, 2.24) is 15.3 Å². The smallest absolute Gasteiger partial charge is 0.0724 e. The van der Waals surface area contributed by atoms with E-state index in [0.717, 1.165) is 16.3 Å². The molecule has 17 heavy (non-hydrogen) atoms. The van der Waals surface area contributed by atoms with E-state index in [4.69, 9.17) is 11.6 Å². The van der Waals surface area contributed by atoms with Crippen molar-refractivity contribution in [2.45, 2.75) is 19.5 Å². The molecular weight excluding hydrogens is 234 g/mol. The van der Waals surface area contributed by atoms with Crippen molar-refractivity contribution in [3.8, 4) is 0 Å². The zero-order valence-electron chi connectivity index (χ0n) is 9.60. The highest BCUT2D eigenvalue weighted by molar-refractivity contribution is 6.31. The van der Waals surface area contributed by atoms with Gasteiger partial charge in [-0.1, -0.05) is 29.8 Å². The lowest BCUT2D eigenvalue weighted by molar-refractivity contribution is 0.566. The predicted octanol–water partition coefficient (Wildman–Crippen LogP) is 2.98. The summed E-state index contributed by atoms with van der Waals surface area (Å²) >= 11 is 6.13. The van der Waals surface area contributed by atoms with Gasteiger partial charge in [-0.15, -0.1) is 0 Å². The Morgan fingerprint density at radius 2 is 2.12 bits per heavy atom. The topological polar surface area (TPSA) is 37.8 Å². The second kappa shape index (κ2) is 5.75. The molecule has 0 spiro atoms. The van der Waals surface area contributed by atoms with Crippen LogP contribution in [0.2, 0.25) is 5.02 Å². The third-order valence-corrected chi connectivity index (χ3v) is 2.92. The molecule has 0 aliphatic heterocycles. The average molecular weight is 248 g/mol. The third kappa shape index (κ3) is 3.25. The van der Waals surface area contributed by atoms with Crippen LogP contribution in [0.1, 0.15) is 24.2 Å². The van der Waals surface area contributed by atoms with Gasteiger partial charge in [-0.2, -0.15) is 0 Å². The fourth-order valence-corrected chi connectivity index (χ4v) is 1.91. The molecule has 0 bridgehead atoms. The third-order valence-electron chi connectivity index (χ3n) is 2.58. The zero-order chi connectivity index (χ0) is 12.1. The summed E-state index contributed by atoms with van der Waals surface area (Å²) in [7, 11) is 0. The molecule has 0 saturated heterocycles. The van der Waals surface area contributed by atoms with Gasteiger partial charge in [-0.25, -0.2) is 0 Å². The fraction of sp³-hybridized carbons (Fsp3) is 0.231. The van der Waals surface area contributed by atoms with E-state index in [1.807, 2.05) is 24.3 Å². The van der Waals surface area contributed by atoms with Crippen LogP contribution in [0, 0.1) is 0 Å². The summed E-state index contributed by atoms with van der Waals surface area (Å²) in [6, 6.07) is 8.03. The van der Waals surface area contributed by atoms with Crippen LogP contribution >= 0.6 is 11.6 Å². The number of rotatable bonds is 4. The van der Waals surface area contributed by atoms with Crippen molar-refractivity contribution in [1.29, 1.82) is 0 Å². The Balaban J connectivity index is 1.99. The molecule has 4 heteroatoms. The van der Waals surface area contributed by atoms with Crippen LogP contribution in [0.25, 0.3) is 0 Å². The number of hydrogen-bond donors (Lipinski definition) is 1. The number of halogens is 1. The van der Waals surface area contributed by atoms with E-state index in [1.54, 1.807) is 18.6 Å². The second-order valence-electron chi connectivity index (χ2n) is 3.82. The molecule has 1 atom stereocenters. The minimum absolute atomic E-state index is 0.186. The predicted molar refractivity (Wildman–Crippen MR) is 68.7 cm³/mol. The summed E-state index contributed by atoms with van der Waals surface area (Å²) < 4.78 is 0. The monoisotopic (exact) mass is 247 g/mol. The maximum absolute atomic E-state index is 6.13. The number of nitrogens with zero attached hydrogens (tertiary/aromatic N) is 2. The van der Waals surface area contributed by atoms with E-state index in [0.29, 0.717) is 6.54 Å². The lowest BCUT2D eigenvalue weighted by Crippen LogP contribution is -2.19. The molecule has 0 aliphatic rings. The normalized spacial score (nSPS) is 12.4. The molecule has 1 heterocycles. The van der Waals surface area contributed by atoms with E-state index in [2.05, 4.69) is 22.2 Å². The quantitative estimate of drug-likeness (QED) is 0.903. The molecular formula is C13H14ClN3. The largest absolute Gasteiger partial charge is 0.304 e. The molecule has 0 radical (unpaired) electrons. The Labute approximate surface area is 106 Å². The van der Waals surface area contributed by atoms with Crippen molar-refractivity contribution in [3.05, 3.63) is 59.1 Å². The van der Waals surface area contributed by atoms with Gasteiger partial charge in [-0.3, -0.25) is 9.97 Å². The van der Waals surface area contributed by atoms with Gasteiger partial charge in [0, 0.05) is 36.2 Å². The standard InChI is InChI=1S/C13H14ClN3/c1-10(12-4-2-3-5-13(12)14)17-9-11-8-15-6-7-16-11/h2-8,10,17H,9H2,1H3. The van der Waals surface area contributed by atoms with Crippen molar-refractivity contribution >= 4 is 11.6 Å². The number of benzene rings is 1. The first kappa shape index (κ1) is 12.0. The summed E-state index contributed by atoms with van der Waals surface area (Å²) in [5, 5.41) is 4.15. The summed E-state index contributed by atoms with van der Waals surface area (Å²) in [5.74, 6) is 0. The highest BCUT2D eigenvalue weighted by Crippen LogP contribution is 2.22. The maximum Gasteiger partial charge on any atom is 0.0724 e. The van der Waals surface area contributed by atoms with Crippen molar-refractivity contribution in [2.24, 2.45) is 0 Å². The fourth-order valence-electron chi connectivity index (χ4n) is 1.62. The van der Waals surface area contributed by atoms with Crippen LogP contribution < -0.4 is 5.32 Å². The molecule has 1 aromatic heterocycles. The van der Waals surface area contributed by atoms with E-state index in [-0.39, 0.29) is 6.04 Å². The van der Waals surface area contributed by atoms with E-state index >= 15 is 0 Å². The Hall–Kier alpha value is -1.45. The van der Waals surface area contributed by atoms with Crippen molar-refractivity contribution < 1.29 is 0 Å². The molecule has 1 unspecified atom stereocenters. The van der Waals surface area contributed by atoms with Crippen molar-refractivity contribution in [2.75, 3.05) is 0 Å². The first-order valence-corrected chi connectivity index (χ1v) is 5.88. The van der Waals surface area contributed by atoms with Gasteiger partial charge in [0.1, 0.15) is 0 Å². The van der Waals surface area contributed by atoms with Crippen molar-refractivity contribution in [3.63, 3.8) is 0 Å². The van der Waals surface area contributed by atoms with Crippen LogP contribution in [0.15, 0.2) is 42.9 Å². The van der Waals surface area contributed by atoms with Gasteiger partial charge < -0.3 is 5.32 Å². The van der Waals surface area contributed by atoms with Gasteiger partial charge in [0.2, 0.25) is 0 Å². The minimum Gasteiger partial charge on any atom is -0.304 e. The van der Waals surface area contributed by atoms with E-state index in [9.17, 15) is 0 Å². The first-order valence-electron chi connectivity index (χ1n) is 5.50. The van der Waals surface area contributed by atoms with Crippen LogP contribution in [0.3, 0.4) is 0 Å². The first-order chi connectivity index (χ1) is 8.27. The molecule has 0 saturated carbocycles. The van der Waals surface area contributed by atoms with E-state index < -0.39 is 0 Å². The van der Waals surface area contributed by atoms with Crippen LogP contribution in [-0.2, 0) is 6.54 Å². The van der Waals surface area contributed by atoms with E-state index in [1.165, 1.54) is 0 Å². The molecule has 2 rings (SSSR count). The Kier molecular flexibility index (Phi) is 4.07.